The predicted molar refractivity (Wildman–Crippen MR) is 83.6 cm³/mol. The zero-order valence-corrected chi connectivity index (χ0v) is 12.9. The highest BCUT2D eigenvalue weighted by molar-refractivity contribution is 7.13. The highest BCUT2D eigenvalue weighted by Crippen LogP contribution is 2.27. The van der Waals surface area contributed by atoms with Gasteiger partial charge in [-0.1, -0.05) is 24.3 Å². The van der Waals surface area contributed by atoms with Crippen molar-refractivity contribution in [1.82, 2.24) is 4.98 Å². The summed E-state index contributed by atoms with van der Waals surface area (Å²) in [5.41, 5.74) is 3.59. The number of ether oxygens (including phenoxy) is 1. The third-order valence-corrected chi connectivity index (χ3v) is 4.52. The number of rotatable bonds is 4. The van der Waals surface area contributed by atoms with E-state index in [4.69, 9.17) is 4.74 Å². The first-order valence-corrected chi connectivity index (χ1v) is 8.06. The number of anilines is 1. The van der Waals surface area contributed by atoms with E-state index in [1.54, 1.807) is 11.3 Å². The number of benzene rings is 1. The lowest BCUT2D eigenvalue weighted by Crippen LogP contribution is -2.30. The van der Waals surface area contributed by atoms with Gasteiger partial charge in [-0.3, -0.25) is 4.79 Å². The van der Waals surface area contributed by atoms with Crippen LogP contribution in [0.5, 0.6) is 0 Å². The van der Waals surface area contributed by atoms with Crippen LogP contribution < -0.4 is 4.90 Å². The van der Waals surface area contributed by atoms with Crippen molar-refractivity contribution in [3.63, 3.8) is 0 Å². The Hall–Kier alpha value is -1.88. The Morgan fingerprint density at radius 1 is 1.38 bits per heavy atom. The molecule has 0 saturated heterocycles. The Labute approximate surface area is 128 Å². The van der Waals surface area contributed by atoms with Crippen LogP contribution in [0, 0.1) is 0 Å². The third kappa shape index (κ3) is 3.24. The van der Waals surface area contributed by atoms with Gasteiger partial charge in [0.05, 0.1) is 18.7 Å². The van der Waals surface area contributed by atoms with Gasteiger partial charge in [0.15, 0.2) is 5.13 Å². The van der Waals surface area contributed by atoms with Crippen LogP contribution in [0.4, 0.5) is 5.13 Å². The van der Waals surface area contributed by atoms with Crippen LogP contribution in [0.25, 0.3) is 0 Å². The first kappa shape index (κ1) is 14.1. The molecule has 1 aromatic carbocycles. The largest absolute Gasteiger partial charge is 0.466 e. The van der Waals surface area contributed by atoms with Gasteiger partial charge in [0.2, 0.25) is 0 Å². The number of carbonyl (C=O) groups excluding carboxylic acids is 1. The van der Waals surface area contributed by atoms with Crippen LogP contribution in [0.1, 0.15) is 23.7 Å². The maximum absolute atomic E-state index is 11.5. The third-order valence-electron chi connectivity index (χ3n) is 3.57. The van der Waals surface area contributed by atoms with Gasteiger partial charge in [0.1, 0.15) is 0 Å². The zero-order chi connectivity index (χ0) is 14.7. The molecule has 4 nitrogen and oxygen atoms in total. The topological polar surface area (TPSA) is 42.4 Å². The van der Waals surface area contributed by atoms with Crippen LogP contribution in [-0.2, 0) is 28.9 Å². The normalized spacial score (nSPS) is 13.9. The number of hydrogen-bond acceptors (Lipinski definition) is 5. The second-order valence-corrected chi connectivity index (χ2v) is 5.88. The van der Waals surface area contributed by atoms with Crippen molar-refractivity contribution >= 4 is 22.4 Å². The van der Waals surface area contributed by atoms with Crippen molar-refractivity contribution < 1.29 is 9.53 Å². The molecule has 0 amide bonds. The van der Waals surface area contributed by atoms with E-state index in [1.165, 1.54) is 11.1 Å². The number of hydrogen-bond donors (Lipinski definition) is 0. The SMILES string of the molecule is CCOC(=O)Cc1csc(N2CCc3ccccc3C2)n1. The fourth-order valence-corrected chi connectivity index (χ4v) is 3.39. The summed E-state index contributed by atoms with van der Waals surface area (Å²) in [6.07, 6.45) is 1.30. The van der Waals surface area contributed by atoms with Gasteiger partial charge >= 0.3 is 5.97 Å². The molecule has 0 radical (unpaired) electrons. The molecule has 21 heavy (non-hydrogen) atoms. The monoisotopic (exact) mass is 302 g/mol. The Kier molecular flexibility index (Phi) is 4.20. The van der Waals surface area contributed by atoms with Crippen molar-refractivity contribution in [1.29, 1.82) is 0 Å². The molecule has 0 unspecified atom stereocenters. The van der Waals surface area contributed by atoms with Crippen molar-refractivity contribution in [2.24, 2.45) is 0 Å². The second kappa shape index (κ2) is 6.26. The Morgan fingerprint density at radius 3 is 3.00 bits per heavy atom. The average molecular weight is 302 g/mol. The minimum absolute atomic E-state index is 0.210. The van der Waals surface area contributed by atoms with Crippen molar-refractivity contribution in [2.45, 2.75) is 26.3 Å². The molecule has 110 valence electrons. The quantitative estimate of drug-likeness (QED) is 0.815. The molecule has 0 spiro atoms. The molecule has 1 aromatic heterocycles. The molecule has 1 aliphatic heterocycles. The van der Waals surface area contributed by atoms with Crippen LogP contribution in [-0.4, -0.2) is 24.1 Å². The van der Waals surface area contributed by atoms with E-state index in [-0.39, 0.29) is 12.4 Å². The van der Waals surface area contributed by atoms with Gasteiger partial charge in [-0.25, -0.2) is 4.98 Å². The lowest BCUT2D eigenvalue weighted by atomic mass is 10.0. The van der Waals surface area contributed by atoms with Gasteiger partial charge in [-0.15, -0.1) is 11.3 Å². The molecule has 0 bridgehead atoms. The summed E-state index contributed by atoms with van der Waals surface area (Å²) >= 11 is 1.60. The number of esters is 1. The molecular weight excluding hydrogens is 284 g/mol. The lowest BCUT2D eigenvalue weighted by molar-refractivity contribution is -0.142. The molecule has 0 fully saturated rings. The molecule has 0 N–H and O–H groups in total. The van der Waals surface area contributed by atoms with Crippen LogP contribution in [0.3, 0.4) is 0 Å². The predicted octanol–water partition coefficient (Wildman–Crippen LogP) is 2.81. The molecule has 2 aromatic rings. The first-order valence-electron chi connectivity index (χ1n) is 7.18. The Balaban J connectivity index is 1.69. The lowest BCUT2D eigenvalue weighted by Gasteiger charge is -2.28. The summed E-state index contributed by atoms with van der Waals surface area (Å²) in [6.45, 7) is 4.10. The fraction of sp³-hybridized carbons (Fsp3) is 0.375. The molecule has 0 aliphatic carbocycles. The summed E-state index contributed by atoms with van der Waals surface area (Å²) in [5, 5.41) is 2.94. The fourth-order valence-electron chi connectivity index (χ4n) is 2.54. The van der Waals surface area contributed by atoms with E-state index >= 15 is 0 Å². The second-order valence-electron chi connectivity index (χ2n) is 5.04. The maximum atomic E-state index is 11.5. The van der Waals surface area contributed by atoms with E-state index < -0.39 is 0 Å². The summed E-state index contributed by atoms with van der Waals surface area (Å²) in [5.74, 6) is -0.210. The summed E-state index contributed by atoms with van der Waals surface area (Å²) in [7, 11) is 0. The standard InChI is InChI=1S/C16H18N2O2S/c1-2-20-15(19)9-14-11-21-16(17-14)18-8-7-12-5-3-4-6-13(12)10-18/h3-6,11H,2,7-10H2,1H3. The molecular formula is C16H18N2O2S. The smallest absolute Gasteiger partial charge is 0.311 e. The maximum Gasteiger partial charge on any atom is 0.311 e. The average Bonchev–Trinajstić information content (AvgIpc) is 2.95. The summed E-state index contributed by atoms with van der Waals surface area (Å²) in [6, 6.07) is 8.54. The van der Waals surface area contributed by atoms with E-state index in [0.717, 1.165) is 30.3 Å². The number of thiazole rings is 1. The van der Waals surface area contributed by atoms with Crippen molar-refractivity contribution in [2.75, 3.05) is 18.1 Å². The van der Waals surface area contributed by atoms with E-state index in [1.807, 2.05) is 12.3 Å². The molecule has 0 saturated carbocycles. The Bertz CT molecular complexity index is 639. The summed E-state index contributed by atoms with van der Waals surface area (Å²) in [4.78, 5) is 18.3. The van der Waals surface area contributed by atoms with Gasteiger partial charge < -0.3 is 9.64 Å². The van der Waals surface area contributed by atoms with Gasteiger partial charge in [-0.05, 0) is 24.5 Å². The van der Waals surface area contributed by atoms with Crippen molar-refractivity contribution in [3.05, 3.63) is 46.5 Å². The number of carbonyl (C=O) groups is 1. The molecule has 3 rings (SSSR count). The highest BCUT2D eigenvalue weighted by atomic mass is 32.1. The minimum atomic E-state index is -0.210. The molecule has 0 atom stereocenters. The number of aromatic nitrogens is 1. The Morgan fingerprint density at radius 2 is 2.19 bits per heavy atom. The highest BCUT2D eigenvalue weighted by Gasteiger charge is 2.19. The first-order chi connectivity index (χ1) is 10.3. The van der Waals surface area contributed by atoms with E-state index in [2.05, 4.69) is 34.1 Å². The number of nitrogens with zero attached hydrogens (tertiary/aromatic N) is 2. The minimum Gasteiger partial charge on any atom is -0.466 e. The van der Waals surface area contributed by atoms with Gasteiger partial charge in [0.25, 0.3) is 0 Å². The van der Waals surface area contributed by atoms with Gasteiger partial charge in [0, 0.05) is 18.5 Å². The van der Waals surface area contributed by atoms with Crippen LogP contribution in [0.2, 0.25) is 0 Å². The summed E-state index contributed by atoms with van der Waals surface area (Å²) < 4.78 is 4.96. The van der Waals surface area contributed by atoms with Crippen LogP contribution in [0.15, 0.2) is 29.6 Å². The number of fused-ring (bicyclic) bond motifs is 1. The van der Waals surface area contributed by atoms with E-state index in [9.17, 15) is 4.79 Å². The van der Waals surface area contributed by atoms with Crippen molar-refractivity contribution in [3.8, 4) is 0 Å². The molecule has 2 heterocycles. The zero-order valence-electron chi connectivity index (χ0n) is 12.0. The molecule has 1 aliphatic rings. The molecule has 5 heteroatoms. The van der Waals surface area contributed by atoms with E-state index in [0.29, 0.717) is 6.61 Å². The van der Waals surface area contributed by atoms with Gasteiger partial charge in [-0.2, -0.15) is 0 Å². The van der Waals surface area contributed by atoms with Crippen LogP contribution >= 0.6 is 11.3 Å².